The van der Waals surface area contributed by atoms with Gasteiger partial charge in [-0.25, -0.2) is 4.98 Å². The fourth-order valence-electron chi connectivity index (χ4n) is 1.67. The van der Waals surface area contributed by atoms with Crippen LogP contribution in [0.5, 0.6) is 0 Å². The molecule has 3 heterocycles. The molecule has 0 aliphatic carbocycles. The molecule has 110 valence electrons. The maximum absolute atomic E-state index is 8.75. The molecule has 8 heteroatoms. The van der Waals surface area contributed by atoms with Crippen LogP contribution in [0.1, 0.15) is 10.4 Å². The maximum Gasteiger partial charge on any atom is 0.206 e. The highest BCUT2D eigenvalue weighted by molar-refractivity contribution is 8.01. The largest absolute Gasteiger partial charge is 0.360 e. The Balaban J connectivity index is 1.53. The lowest BCUT2D eigenvalue weighted by molar-refractivity contribution is 0.978. The number of nitrogens with one attached hydrogen (secondary N) is 1. The van der Waals surface area contributed by atoms with Crippen LogP contribution in [-0.2, 0) is 6.42 Å². The number of anilines is 1. The highest BCUT2D eigenvalue weighted by Crippen LogP contribution is 2.30. The zero-order valence-corrected chi connectivity index (χ0v) is 13.8. The van der Waals surface area contributed by atoms with Gasteiger partial charge in [0.25, 0.3) is 0 Å². The van der Waals surface area contributed by atoms with Crippen molar-refractivity contribution in [2.24, 2.45) is 0 Å². The van der Waals surface area contributed by atoms with Gasteiger partial charge in [-0.15, -0.1) is 21.5 Å². The fraction of sp³-hybridized carbons (Fsp3) is 0.143. The van der Waals surface area contributed by atoms with Crippen LogP contribution in [0.2, 0.25) is 0 Å². The molecule has 0 radical (unpaired) electrons. The number of rotatable bonds is 6. The van der Waals surface area contributed by atoms with Crippen molar-refractivity contribution in [1.29, 1.82) is 5.26 Å². The van der Waals surface area contributed by atoms with Gasteiger partial charge in [-0.1, -0.05) is 17.4 Å². The van der Waals surface area contributed by atoms with Gasteiger partial charge in [-0.3, -0.25) is 0 Å². The molecule has 22 heavy (non-hydrogen) atoms. The second-order valence-corrected chi connectivity index (χ2v) is 7.51. The summed E-state index contributed by atoms with van der Waals surface area (Å²) in [5, 5.41) is 24.0. The summed E-state index contributed by atoms with van der Waals surface area (Å²) in [4.78, 5) is 5.57. The summed E-state index contributed by atoms with van der Waals surface area (Å²) in [6.45, 7) is 0.842. The Morgan fingerprint density at radius 3 is 2.95 bits per heavy atom. The number of nitrogens with zero attached hydrogens (tertiary/aromatic N) is 4. The van der Waals surface area contributed by atoms with Crippen molar-refractivity contribution in [2.45, 2.75) is 15.8 Å². The first-order valence-corrected chi connectivity index (χ1v) is 8.98. The van der Waals surface area contributed by atoms with Crippen molar-refractivity contribution >= 4 is 39.6 Å². The molecule has 3 aromatic heterocycles. The predicted octanol–water partition coefficient (Wildman–Crippen LogP) is 3.67. The van der Waals surface area contributed by atoms with Gasteiger partial charge in [0.05, 0.1) is 5.56 Å². The van der Waals surface area contributed by atoms with E-state index in [1.165, 1.54) is 28.0 Å². The molecule has 0 aromatic carbocycles. The molecule has 0 aliphatic rings. The number of nitriles is 1. The third-order valence-corrected chi connectivity index (χ3v) is 5.51. The van der Waals surface area contributed by atoms with Gasteiger partial charge in [-0.05, 0) is 41.8 Å². The summed E-state index contributed by atoms with van der Waals surface area (Å²) < 4.78 is 0.829. The topological polar surface area (TPSA) is 74.5 Å². The summed E-state index contributed by atoms with van der Waals surface area (Å²) in [5.74, 6) is 0. The van der Waals surface area contributed by atoms with Gasteiger partial charge in [0, 0.05) is 17.6 Å². The van der Waals surface area contributed by atoms with E-state index in [-0.39, 0.29) is 0 Å². The lowest BCUT2D eigenvalue weighted by atomic mass is 10.3. The van der Waals surface area contributed by atoms with E-state index in [1.807, 2.05) is 6.07 Å². The smallest absolute Gasteiger partial charge is 0.206 e. The van der Waals surface area contributed by atoms with E-state index in [4.69, 9.17) is 5.26 Å². The molecule has 0 unspecified atom stereocenters. The Kier molecular flexibility index (Phi) is 5.00. The average molecular weight is 345 g/mol. The first-order valence-electron chi connectivity index (χ1n) is 6.47. The summed E-state index contributed by atoms with van der Waals surface area (Å²) in [6, 6.07) is 9.80. The molecule has 3 rings (SSSR count). The molecule has 0 fully saturated rings. The van der Waals surface area contributed by atoms with Gasteiger partial charge in [-0.2, -0.15) is 5.26 Å². The van der Waals surface area contributed by atoms with Crippen LogP contribution in [-0.4, -0.2) is 21.7 Å². The van der Waals surface area contributed by atoms with E-state index >= 15 is 0 Å². The van der Waals surface area contributed by atoms with Crippen LogP contribution in [0, 0.1) is 11.3 Å². The minimum atomic E-state index is 0.553. The minimum absolute atomic E-state index is 0.553. The summed E-state index contributed by atoms with van der Waals surface area (Å²) in [5.41, 5.74) is 0.553. The SMILES string of the molecule is N#Cc1ccc(Sc2nnc(NCCc3cccs3)s2)nc1. The maximum atomic E-state index is 8.75. The molecule has 0 saturated carbocycles. The van der Waals surface area contributed by atoms with Crippen molar-refractivity contribution in [3.05, 3.63) is 46.3 Å². The number of aromatic nitrogens is 3. The monoisotopic (exact) mass is 345 g/mol. The zero-order valence-electron chi connectivity index (χ0n) is 11.4. The molecule has 1 N–H and O–H groups in total. The molecule has 0 bridgehead atoms. The van der Waals surface area contributed by atoms with Crippen LogP contribution in [0.25, 0.3) is 0 Å². The van der Waals surface area contributed by atoms with Crippen molar-refractivity contribution in [1.82, 2.24) is 15.2 Å². The number of pyridine rings is 1. The molecule has 0 saturated heterocycles. The second kappa shape index (κ2) is 7.35. The van der Waals surface area contributed by atoms with Crippen LogP contribution in [0.15, 0.2) is 45.2 Å². The lowest BCUT2D eigenvalue weighted by Gasteiger charge is -1.99. The van der Waals surface area contributed by atoms with Crippen molar-refractivity contribution in [3.8, 4) is 6.07 Å². The second-order valence-electron chi connectivity index (χ2n) is 4.23. The van der Waals surface area contributed by atoms with Crippen molar-refractivity contribution < 1.29 is 0 Å². The first kappa shape index (κ1) is 15.0. The predicted molar refractivity (Wildman–Crippen MR) is 89.5 cm³/mol. The van der Waals surface area contributed by atoms with Gasteiger partial charge in [0.15, 0.2) is 4.34 Å². The fourth-order valence-corrected chi connectivity index (χ4v) is 4.04. The average Bonchev–Trinajstić information content (AvgIpc) is 3.20. The van der Waals surface area contributed by atoms with Gasteiger partial charge >= 0.3 is 0 Å². The molecule has 3 aromatic rings. The van der Waals surface area contributed by atoms with E-state index in [0.717, 1.165) is 27.5 Å². The Morgan fingerprint density at radius 1 is 1.27 bits per heavy atom. The van der Waals surface area contributed by atoms with Crippen LogP contribution in [0.4, 0.5) is 5.13 Å². The van der Waals surface area contributed by atoms with E-state index in [2.05, 4.69) is 44.1 Å². The number of thiophene rings is 1. The molecular formula is C14H11N5S3. The Hall–Kier alpha value is -1.95. The normalized spacial score (nSPS) is 10.3. The highest BCUT2D eigenvalue weighted by Gasteiger charge is 2.07. The Labute approximate surface area is 140 Å². The third kappa shape index (κ3) is 4.04. The number of hydrogen-bond donors (Lipinski definition) is 1. The molecule has 0 atom stereocenters. The lowest BCUT2D eigenvalue weighted by Crippen LogP contribution is -2.03. The van der Waals surface area contributed by atoms with Gasteiger partial charge in [0.2, 0.25) is 5.13 Å². The molecule has 0 aliphatic heterocycles. The standard InChI is InChI=1S/C14H11N5S3/c15-8-10-3-4-12(17-9-10)21-14-19-18-13(22-14)16-6-5-11-2-1-7-20-11/h1-4,7,9H,5-6H2,(H,16,18). The van der Waals surface area contributed by atoms with Crippen LogP contribution >= 0.6 is 34.4 Å². The van der Waals surface area contributed by atoms with E-state index in [0.29, 0.717) is 5.56 Å². The van der Waals surface area contributed by atoms with E-state index in [1.54, 1.807) is 23.6 Å². The van der Waals surface area contributed by atoms with Crippen LogP contribution < -0.4 is 5.32 Å². The first-order chi connectivity index (χ1) is 10.8. The highest BCUT2D eigenvalue weighted by atomic mass is 32.2. The molecule has 5 nitrogen and oxygen atoms in total. The molecule has 0 spiro atoms. The Morgan fingerprint density at radius 2 is 2.23 bits per heavy atom. The summed E-state index contributed by atoms with van der Waals surface area (Å²) in [6.07, 6.45) is 2.54. The summed E-state index contributed by atoms with van der Waals surface area (Å²) >= 11 is 4.71. The quantitative estimate of drug-likeness (QED) is 0.735. The third-order valence-electron chi connectivity index (χ3n) is 2.69. The van der Waals surface area contributed by atoms with E-state index in [9.17, 15) is 0 Å². The van der Waals surface area contributed by atoms with Crippen molar-refractivity contribution in [3.63, 3.8) is 0 Å². The zero-order chi connectivity index (χ0) is 15.2. The van der Waals surface area contributed by atoms with Gasteiger partial charge in [0.1, 0.15) is 11.1 Å². The van der Waals surface area contributed by atoms with Gasteiger partial charge < -0.3 is 5.32 Å². The Bertz CT molecular complexity index is 759. The molecule has 0 amide bonds. The number of hydrogen-bond acceptors (Lipinski definition) is 8. The summed E-state index contributed by atoms with van der Waals surface area (Å²) in [7, 11) is 0. The molecular weight excluding hydrogens is 334 g/mol. The minimum Gasteiger partial charge on any atom is -0.360 e. The van der Waals surface area contributed by atoms with Crippen molar-refractivity contribution in [2.75, 3.05) is 11.9 Å². The van der Waals surface area contributed by atoms with Crippen LogP contribution in [0.3, 0.4) is 0 Å². The van der Waals surface area contributed by atoms with E-state index < -0.39 is 0 Å².